The molecular weight excluding hydrogens is 140 g/mol. The monoisotopic (exact) mass is 156 g/mol. The quantitative estimate of drug-likeness (QED) is 0.457. The standard InChI is InChI=1S/C8H16N2O/c1-4-8(11)10(3)7-6-9-5-2/h4,9H,1,5-7H2,2-3H3. The van der Waals surface area contributed by atoms with Crippen LogP contribution in [0.5, 0.6) is 0 Å². The zero-order chi connectivity index (χ0) is 8.69. The molecule has 0 aromatic rings. The Morgan fingerprint density at radius 2 is 2.36 bits per heavy atom. The molecule has 0 bridgehead atoms. The van der Waals surface area contributed by atoms with Gasteiger partial charge in [-0.2, -0.15) is 0 Å². The third kappa shape index (κ3) is 4.56. The molecule has 0 unspecified atom stereocenters. The van der Waals surface area contributed by atoms with Crippen LogP contribution in [-0.4, -0.2) is 37.5 Å². The predicted octanol–water partition coefficient (Wildman–Crippen LogP) is 0.240. The molecule has 0 rings (SSSR count). The van der Waals surface area contributed by atoms with Crippen LogP contribution in [0.3, 0.4) is 0 Å². The van der Waals surface area contributed by atoms with E-state index in [9.17, 15) is 4.79 Å². The van der Waals surface area contributed by atoms with Crippen LogP contribution in [0, 0.1) is 0 Å². The Labute approximate surface area is 68.1 Å². The zero-order valence-electron chi connectivity index (χ0n) is 7.26. The number of amides is 1. The van der Waals surface area contributed by atoms with Gasteiger partial charge in [-0.1, -0.05) is 13.5 Å². The first-order valence-corrected chi connectivity index (χ1v) is 3.80. The third-order valence-electron chi connectivity index (χ3n) is 1.42. The van der Waals surface area contributed by atoms with Crippen molar-refractivity contribution in [2.24, 2.45) is 0 Å². The van der Waals surface area contributed by atoms with E-state index in [4.69, 9.17) is 0 Å². The molecule has 0 heterocycles. The fourth-order valence-corrected chi connectivity index (χ4v) is 0.690. The lowest BCUT2D eigenvalue weighted by atomic mass is 10.4. The van der Waals surface area contributed by atoms with Crippen LogP contribution in [0.25, 0.3) is 0 Å². The van der Waals surface area contributed by atoms with Gasteiger partial charge in [0, 0.05) is 20.1 Å². The molecule has 64 valence electrons. The van der Waals surface area contributed by atoms with Crippen LogP contribution >= 0.6 is 0 Å². The molecule has 0 saturated heterocycles. The highest BCUT2D eigenvalue weighted by molar-refractivity contribution is 5.86. The fourth-order valence-electron chi connectivity index (χ4n) is 0.690. The molecule has 1 amide bonds. The van der Waals surface area contributed by atoms with E-state index in [-0.39, 0.29) is 5.91 Å². The normalized spacial score (nSPS) is 9.27. The minimum atomic E-state index is -0.0251. The van der Waals surface area contributed by atoms with E-state index in [2.05, 4.69) is 11.9 Å². The van der Waals surface area contributed by atoms with Gasteiger partial charge in [0.2, 0.25) is 5.91 Å². The van der Waals surface area contributed by atoms with E-state index >= 15 is 0 Å². The van der Waals surface area contributed by atoms with Gasteiger partial charge in [0.1, 0.15) is 0 Å². The molecule has 11 heavy (non-hydrogen) atoms. The molecule has 0 atom stereocenters. The highest BCUT2D eigenvalue weighted by Gasteiger charge is 2.00. The molecule has 1 N–H and O–H groups in total. The van der Waals surface area contributed by atoms with Gasteiger partial charge in [-0.15, -0.1) is 0 Å². The molecule has 0 fully saturated rings. The largest absolute Gasteiger partial charge is 0.341 e. The Kier molecular flexibility index (Phi) is 5.47. The molecule has 0 aromatic carbocycles. The number of hydrogen-bond acceptors (Lipinski definition) is 2. The van der Waals surface area contributed by atoms with E-state index in [1.807, 2.05) is 6.92 Å². The summed E-state index contributed by atoms with van der Waals surface area (Å²) < 4.78 is 0. The van der Waals surface area contributed by atoms with Gasteiger partial charge in [0.05, 0.1) is 0 Å². The minimum absolute atomic E-state index is 0.0251. The average Bonchev–Trinajstić information content (AvgIpc) is 2.03. The topological polar surface area (TPSA) is 32.3 Å². The Morgan fingerprint density at radius 1 is 1.73 bits per heavy atom. The van der Waals surface area contributed by atoms with Crippen LogP contribution in [0.15, 0.2) is 12.7 Å². The lowest BCUT2D eigenvalue weighted by molar-refractivity contribution is -0.124. The summed E-state index contributed by atoms with van der Waals surface area (Å²) in [7, 11) is 1.77. The first kappa shape index (κ1) is 10.2. The van der Waals surface area contributed by atoms with Gasteiger partial charge in [-0.3, -0.25) is 4.79 Å². The summed E-state index contributed by atoms with van der Waals surface area (Å²) in [5.74, 6) is -0.0251. The van der Waals surface area contributed by atoms with Crippen molar-refractivity contribution >= 4 is 5.91 Å². The Bertz CT molecular complexity index is 134. The maximum Gasteiger partial charge on any atom is 0.245 e. The van der Waals surface area contributed by atoms with Gasteiger partial charge < -0.3 is 10.2 Å². The van der Waals surface area contributed by atoms with Crippen molar-refractivity contribution < 1.29 is 4.79 Å². The van der Waals surface area contributed by atoms with Gasteiger partial charge in [-0.25, -0.2) is 0 Å². The second-order valence-corrected chi connectivity index (χ2v) is 2.32. The summed E-state index contributed by atoms with van der Waals surface area (Å²) in [6, 6.07) is 0. The first-order chi connectivity index (χ1) is 5.22. The van der Waals surface area contributed by atoms with Gasteiger partial charge >= 0.3 is 0 Å². The van der Waals surface area contributed by atoms with Crippen molar-refractivity contribution in [3.63, 3.8) is 0 Å². The summed E-state index contributed by atoms with van der Waals surface area (Å²) in [6.45, 7) is 7.95. The highest BCUT2D eigenvalue weighted by atomic mass is 16.2. The number of carbonyl (C=O) groups excluding carboxylic acids is 1. The fraction of sp³-hybridized carbons (Fsp3) is 0.625. The molecule has 0 spiro atoms. The number of rotatable bonds is 5. The lowest BCUT2D eigenvalue weighted by Gasteiger charge is -2.14. The minimum Gasteiger partial charge on any atom is -0.341 e. The van der Waals surface area contributed by atoms with Crippen LogP contribution in [0.1, 0.15) is 6.92 Å². The maximum absolute atomic E-state index is 10.9. The van der Waals surface area contributed by atoms with Crippen LogP contribution in [0.4, 0.5) is 0 Å². The molecule has 0 aliphatic heterocycles. The SMILES string of the molecule is C=CC(=O)N(C)CCNCC. The van der Waals surface area contributed by atoms with Crippen molar-refractivity contribution in [3.05, 3.63) is 12.7 Å². The average molecular weight is 156 g/mol. The lowest BCUT2D eigenvalue weighted by Crippen LogP contribution is -2.32. The summed E-state index contributed by atoms with van der Waals surface area (Å²) in [4.78, 5) is 12.5. The Morgan fingerprint density at radius 3 is 2.82 bits per heavy atom. The van der Waals surface area contributed by atoms with Crippen molar-refractivity contribution in [2.75, 3.05) is 26.7 Å². The summed E-state index contributed by atoms with van der Waals surface area (Å²) >= 11 is 0. The van der Waals surface area contributed by atoms with E-state index in [0.29, 0.717) is 0 Å². The first-order valence-electron chi connectivity index (χ1n) is 3.80. The third-order valence-corrected chi connectivity index (χ3v) is 1.42. The second kappa shape index (κ2) is 5.92. The predicted molar refractivity (Wildman–Crippen MR) is 46.4 cm³/mol. The number of carbonyl (C=O) groups is 1. The smallest absolute Gasteiger partial charge is 0.245 e. The Balaban J connectivity index is 3.43. The van der Waals surface area contributed by atoms with Gasteiger partial charge in [0.15, 0.2) is 0 Å². The van der Waals surface area contributed by atoms with Gasteiger partial charge in [0.25, 0.3) is 0 Å². The highest BCUT2D eigenvalue weighted by Crippen LogP contribution is 1.82. The summed E-state index contributed by atoms with van der Waals surface area (Å²) in [6.07, 6.45) is 1.33. The molecule has 0 aliphatic rings. The van der Waals surface area contributed by atoms with E-state index in [1.165, 1.54) is 6.08 Å². The van der Waals surface area contributed by atoms with Gasteiger partial charge in [-0.05, 0) is 12.6 Å². The molecular formula is C8H16N2O. The van der Waals surface area contributed by atoms with E-state index < -0.39 is 0 Å². The zero-order valence-corrected chi connectivity index (χ0v) is 7.26. The second-order valence-electron chi connectivity index (χ2n) is 2.32. The summed E-state index contributed by atoms with van der Waals surface area (Å²) in [5.41, 5.74) is 0. The number of likely N-dealkylation sites (N-methyl/N-ethyl adjacent to an activating group) is 2. The van der Waals surface area contributed by atoms with E-state index in [1.54, 1.807) is 11.9 Å². The Hall–Kier alpha value is -0.830. The molecule has 3 heteroatoms. The van der Waals surface area contributed by atoms with Crippen LogP contribution in [0.2, 0.25) is 0 Å². The van der Waals surface area contributed by atoms with Crippen molar-refractivity contribution in [1.82, 2.24) is 10.2 Å². The number of nitrogens with one attached hydrogen (secondary N) is 1. The summed E-state index contributed by atoms with van der Waals surface area (Å²) in [5, 5.41) is 3.13. The number of hydrogen-bond donors (Lipinski definition) is 1. The molecule has 0 aliphatic carbocycles. The molecule has 0 aromatic heterocycles. The van der Waals surface area contributed by atoms with E-state index in [0.717, 1.165) is 19.6 Å². The van der Waals surface area contributed by atoms with Crippen LogP contribution < -0.4 is 5.32 Å². The van der Waals surface area contributed by atoms with Crippen LogP contribution in [-0.2, 0) is 4.79 Å². The molecule has 0 radical (unpaired) electrons. The number of nitrogens with zero attached hydrogens (tertiary/aromatic N) is 1. The molecule has 0 saturated carbocycles. The van der Waals surface area contributed by atoms with Crippen molar-refractivity contribution in [3.8, 4) is 0 Å². The maximum atomic E-state index is 10.9. The van der Waals surface area contributed by atoms with Crippen molar-refractivity contribution in [2.45, 2.75) is 6.92 Å². The molecule has 3 nitrogen and oxygen atoms in total. The van der Waals surface area contributed by atoms with Crippen molar-refractivity contribution in [1.29, 1.82) is 0 Å².